The van der Waals surface area contributed by atoms with Gasteiger partial charge in [-0.1, -0.05) is 59.5 Å². The molecule has 4 rings (SSSR count). The molecule has 2 aromatic carbocycles. The van der Waals surface area contributed by atoms with Crippen LogP contribution in [0.1, 0.15) is 53.7 Å². The molecular weight excluding hydrogens is 549 g/mol. The molecule has 3 aromatic rings. The van der Waals surface area contributed by atoms with Gasteiger partial charge in [-0.3, -0.25) is 9.59 Å². The van der Waals surface area contributed by atoms with Crippen LogP contribution in [0.2, 0.25) is 0 Å². The predicted molar refractivity (Wildman–Crippen MR) is 149 cm³/mol. The van der Waals surface area contributed by atoms with E-state index in [9.17, 15) is 14.0 Å². The van der Waals surface area contributed by atoms with Crippen molar-refractivity contribution in [3.05, 3.63) is 94.0 Å². The van der Waals surface area contributed by atoms with Gasteiger partial charge in [-0.25, -0.2) is 4.39 Å². The highest BCUT2D eigenvalue weighted by Crippen LogP contribution is 2.25. The molecule has 1 fully saturated rings. The van der Waals surface area contributed by atoms with Crippen molar-refractivity contribution in [1.82, 2.24) is 14.4 Å². The monoisotopic (exact) mass is 583 g/mol. The lowest BCUT2D eigenvalue weighted by Gasteiger charge is -2.36. The smallest absolute Gasteiger partial charge is 0.257 e. The number of aromatic nitrogens is 1. The van der Waals surface area contributed by atoms with E-state index in [4.69, 9.17) is 4.74 Å². The van der Waals surface area contributed by atoms with Crippen LogP contribution in [0, 0.1) is 5.82 Å². The van der Waals surface area contributed by atoms with Crippen LogP contribution in [-0.2, 0) is 22.6 Å². The molecule has 0 saturated heterocycles. The van der Waals surface area contributed by atoms with Crippen molar-refractivity contribution in [2.24, 2.45) is 0 Å². The molecule has 0 radical (unpaired) electrons. The lowest BCUT2D eigenvalue weighted by molar-refractivity contribution is -0.136. The number of hydrogen-bond donors (Lipinski definition) is 0. The normalized spacial score (nSPS) is 13.9. The van der Waals surface area contributed by atoms with Gasteiger partial charge >= 0.3 is 0 Å². The van der Waals surface area contributed by atoms with Crippen LogP contribution in [0.5, 0.6) is 0 Å². The zero-order chi connectivity index (χ0) is 26.9. The number of benzene rings is 2. The SMILES string of the molecule is COCCN(CC(=O)N(Cc1cccn1Cc1ccc(Br)cc1)C1CCCCC1)C(=O)c1ccccc1F. The number of hydrogen-bond acceptors (Lipinski definition) is 3. The Labute approximate surface area is 232 Å². The zero-order valence-corrected chi connectivity index (χ0v) is 23.4. The summed E-state index contributed by atoms with van der Waals surface area (Å²) in [6, 6.07) is 18.3. The van der Waals surface area contributed by atoms with Crippen LogP contribution in [0.15, 0.2) is 71.3 Å². The molecule has 0 unspecified atom stereocenters. The topological polar surface area (TPSA) is 54.8 Å². The summed E-state index contributed by atoms with van der Waals surface area (Å²) in [7, 11) is 1.54. The summed E-state index contributed by atoms with van der Waals surface area (Å²) in [5, 5.41) is 0. The summed E-state index contributed by atoms with van der Waals surface area (Å²) in [5.74, 6) is -1.23. The molecule has 1 saturated carbocycles. The minimum absolute atomic E-state index is 0.0380. The number of carbonyl (C=O) groups excluding carboxylic acids is 2. The van der Waals surface area contributed by atoms with E-state index in [-0.39, 0.29) is 37.2 Å². The first-order chi connectivity index (χ1) is 18.5. The summed E-state index contributed by atoms with van der Waals surface area (Å²) in [6.07, 6.45) is 7.25. The van der Waals surface area contributed by atoms with Gasteiger partial charge in [-0.05, 0) is 54.8 Å². The number of halogens is 2. The molecule has 1 aliphatic rings. The summed E-state index contributed by atoms with van der Waals surface area (Å²) in [6.45, 7) is 1.49. The molecule has 0 spiro atoms. The van der Waals surface area contributed by atoms with Crippen LogP contribution in [0.25, 0.3) is 0 Å². The number of rotatable bonds is 11. The van der Waals surface area contributed by atoms with Crippen molar-refractivity contribution in [1.29, 1.82) is 0 Å². The van der Waals surface area contributed by atoms with Gasteiger partial charge in [0.2, 0.25) is 5.91 Å². The molecule has 0 atom stereocenters. The quantitative estimate of drug-likeness (QED) is 0.283. The third-order valence-electron chi connectivity index (χ3n) is 7.14. The van der Waals surface area contributed by atoms with Gasteiger partial charge in [0.15, 0.2) is 0 Å². The Bertz CT molecular complexity index is 1210. The predicted octanol–water partition coefficient (Wildman–Crippen LogP) is 5.89. The fraction of sp³-hybridized carbons (Fsp3) is 0.400. The molecule has 1 aliphatic carbocycles. The molecule has 2 amide bonds. The number of carbonyl (C=O) groups is 2. The fourth-order valence-electron chi connectivity index (χ4n) is 5.03. The van der Waals surface area contributed by atoms with E-state index >= 15 is 0 Å². The summed E-state index contributed by atoms with van der Waals surface area (Å²) >= 11 is 3.49. The minimum atomic E-state index is -0.595. The molecular formula is C30H35BrFN3O3. The first kappa shape index (κ1) is 28.0. The second-order valence-corrected chi connectivity index (χ2v) is 10.7. The average Bonchev–Trinajstić information content (AvgIpc) is 3.37. The Morgan fingerprint density at radius 2 is 1.76 bits per heavy atom. The molecule has 0 N–H and O–H groups in total. The Morgan fingerprint density at radius 1 is 1.03 bits per heavy atom. The average molecular weight is 585 g/mol. The van der Waals surface area contributed by atoms with Crippen molar-refractivity contribution in [2.75, 3.05) is 26.8 Å². The Kier molecular flexibility index (Phi) is 10.1. The molecule has 6 nitrogen and oxygen atoms in total. The first-order valence-electron chi connectivity index (χ1n) is 13.2. The first-order valence-corrected chi connectivity index (χ1v) is 14.0. The number of nitrogens with zero attached hydrogens (tertiary/aromatic N) is 3. The van der Waals surface area contributed by atoms with Gasteiger partial charge < -0.3 is 19.1 Å². The number of ether oxygens (including phenoxy) is 1. The van der Waals surface area contributed by atoms with Crippen LogP contribution < -0.4 is 0 Å². The highest BCUT2D eigenvalue weighted by atomic mass is 79.9. The van der Waals surface area contributed by atoms with Crippen molar-refractivity contribution in [3.63, 3.8) is 0 Å². The third-order valence-corrected chi connectivity index (χ3v) is 7.67. The Hall–Kier alpha value is -2.97. The van der Waals surface area contributed by atoms with E-state index in [1.807, 2.05) is 29.3 Å². The van der Waals surface area contributed by atoms with Crippen LogP contribution in [0.3, 0.4) is 0 Å². The molecule has 0 aliphatic heterocycles. The van der Waals surface area contributed by atoms with Gasteiger partial charge in [0.1, 0.15) is 12.4 Å². The number of methoxy groups -OCH3 is 1. The molecule has 8 heteroatoms. The second-order valence-electron chi connectivity index (χ2n) is 9.77. The highest BCUT2D eigenvalue weighted by molar-refractivity contribution is 9.10. The van der Waals surface area contributed by atoms with Crippen LogP contribution in [-0.4, -0.2) is 59.0 Å². The Morgan fingerprint density at radius 3 is 2.47 bits per heavy atom. The maximum absolute atomic E-state index is 14.4. The summed E-state index contributed by atoms with van der Waals surface area (Å²) < 4.78 is 22.8. The van der Waals surface area contributed by atoms with Crippen molar-refractivity contribution in [2.45, 2.75) is 51.2 Å². The maximum atomic E-state index is 14.4. The van der Waals surface area contributed by atoms with Crippen molar-refractivity contribution < 1.29 is 18.7 Å². The zero-order valence-electron chi connectivity index (χ0n) is 21.8. The van der Waals surface area contributed by atoms with Gasteiger partial charge in [0, 0.05) is 42.6 Å². The lowest BCUT2D eigenvalue weighted by Crippen LogP contribution is -2.48. The standard InChI is InChI=1S/C30H35BrFN3O3/c1-38-19-18-34(30(37)27-11-5-6-12-28(27)32)22-29(36)35(25-8-3-2-4-9-25)21-26-10-7-17-33(26)20-23-13-15-24(31)16-14-23/h5-7,10-17,25H,2-4,8-9,18-22H2,1H3. The fourth-order valence-corrected chi connectivity index (χ4v) is 5.30. The van der Waals surface area contributed by atoms with E-state index in [1.165, 1.54) is 29.0 Å². The van der Waals surface area contributed by atoms with Gasteiger partial charge in [0.05, 0.1) is 18.7 Å². The lowest BCUT2D eigenvalue weighted by atomic mass is 9.94. The van der Waals surface area contributed by atoms with E-state index < -0.39 is 11.7 Å². The van der Waals surface area contributed by atoms with E-state index in [1.54, 1.807) is 19.2 Å². The van der Waals surface area contributed by atoms with E-state index in [2.05, 4.69) is 38.7 Å². The molecule has 38 heavy (non-hydrogen) atoms. The molecule has 1 heterocycles. The van der Waals surface area contributed by atoms with Crippen molar-refractivity contribution >= 4 is 27.7 Å². The summed E-state index contributed by atoms with van der Waals surface area (Å²) in [5.41, 5.74) is 2.17. The van der Waals surface area contributed by atoms with Crippen LogP contribution in [0.4, 0.5) is 4.39 Å². The minimum Gasteiger partial charge on any atom is -0.383 e. The van der Waals surface area contributed by atoms with E-state index in [0.29, 0.717) is 13.1 Å². The van der Waals surface area contributed by atoms with E-state index in [0.717, 1.165) is 35.8 Å². The second kappa shape index (κ2) is 13.7. The van der Waals surface area contributed by atoms with Gasteiger partial charge in [-0.2, -0.15) is 0 Å². The highest BCUT2D eigenvalue weighted by Gasteiger charge is 2.29. The number of amides is 2. The Balaban J connectivity index is 1.55. The van der Waals surface area contributed by atoms with Gasteiger partial charge in [0.25, 0.3) is 5.91 Å². The van der Waals surface area contributed by atoms with Crippen LogP contribution >= 0.6 is 15.9 Å². The third kappa shape index (κ3) is 7.32. The van der Waals surface area contributed by atoms with Gasteiger partial charge in [-0.15, -0.1) is 0 Å². The van der Waals surface area contributed by atoms with Crippen molar-refractivity contribution in [3.8, 4) is 0 Å². The summed E-state index contributed by atoms with van der Waals surface area (Å²) in [4.78, 5) is 30.4. The molecule has 0 bridgehead atoms. The largest absolute Gasteiger partial charge is 0.383 e. The molecule has 202 valence electrons. The molecule has 1 aromatic heterocycles. The maximum Gasteiger partial charge on any atom is 0.257 e.